The van der Waals surface area contributed by atoms with Crippen LogP contribution in [0.25, 0.3) is 0 Å². The summed E-state index contributed by atoms with van der Waals surface area (Å²) in [5.74, 6) is 1.80. The number of hydrogen-bond donors (Lipinski definition) is 2. The fraction of sp³-hybridized carbons (Fsp3) is 0.316. The summed E-state index contributed by atoms with van der Waals surface area (Å²) in [5.41, 5.74) is 9.83. The highest BCUT2D eigenvalue weighted by Crippen LogP contribution is 2.46. The fourth-order valence-electron chi connectivity index (χ4n) is 3.68. The lowest BCUT2D eigenvalue weighted by Gasteiger charge is -2.33. The molecule has 0 bridgehead atoms. The van der Waals surface area contributed by atoms with E-state index < -0.39 is 0 Å². The van der Waals surface area contributed by atoms with Gasteiger partial charge >= 0.3 is 0 Å². The topological polar surface area (TPSA) is 90.1 Å². The number of ketones is 1. The summed E-state index contributed by atoms with van der Waals surface area (Å²) in [5, 5.41) is 3.98. The lowest BCUT2D eigenvalue weighted by molar-refractivity contribution is -0.116. The summed E-state index contributed by atoms with van der Waals surface area (Å²) in [7, 11) is 1.63. The molecule has 1 aromatic heterocycles. The SMILES string of the molecule is COc1ccc([C@@H]2C3=C(CCCC3=O)Nc3nc(SC)nc(N)c32)cc1. The summed E-state index contributed by atoms with van der Waals surface area (Å²) >= 11 is 1.45. The zero-order valence-electron chi connectivity index (χ0n) is 14.7. The molecule has 1 atom stereocenters. The summed E-state index contributed by atoms with van der Waals surface area (Å²) < 4.78 is 5.26. The van der Waals surface area contributed by atoms with Crippen LogP contribution < -0.4 is 15.8 Å². The number of nitrogens with zero attached hydrogens (tertiary/aromatic N) is 2. The van der Waals surface area contributed by atoms with Crippen molar-refractivity contribution in [3.8, 4) is 5.75 Å². The molecular weight excluding hydrogens is 348 g/mol. The standard InChI is InChI=1S/C19H20N4O2S/c1-25-11-8-6-10(7-9-11)14-15-12(4-3-5-13(15)24)21-18-16(14)17(20)22-19(23-18)26-2/h6-9,14H,3-5H2,1-2H3,(H3,20,21,22,23)/t14-/m1/s1. The average Bonchev–Trinajstić information content (AvgIpc) is 2.66. The van der Waals surface area contributed by atoms with Crippen molar-refractivity contribution >= 4 is 29.2 Å². The van der Waals surface area contributed by atoms with Crippen LogP contribution in [0.15, 0.2) is 40.7 Å². The van der Waals surface area contributed by atoms with E-state index in [-0.39, 0.29) is 11.7 Å². The molecule has 1 aromatic carbocycles. The number of benzene rings is 1. The molecule has 1 aliphatic carbocycles. The van der Waals surface area contributed by atoms with Gasteiger partial charge in [0, 0.05) is 29.2 Å². The molecule has 0 saturated heterocycles. The molecule has 134 valence electrons. The number of rotatable bonds is 3. The van der Waals surface area contributed by atoms with Crippen molar-refractivity contribution in [2.45, 2.75) is 30.3 Å². The second-order valence-corrected chi connectivity index (χ2v) is 7.13. The number of nitrogens with one attached hydrogen (secondary N) is 1. The highest BCUT2D eigenvalue weighted by atomic mass is 32.2. The van der Waals surface area contributed by atoms with Crippen molar-refractivity contribution in [2.75, 3.05) is 24.4 Å². The van der Waals surface area contributed by atoms with Crippen molar-refractivity contribution in [1.29, 1.82) is 0 Å². The van der Waals surface area contributed by atoms with Crippen LogP contribution in [0.2, 0.25) is 0 Å². The van der Waals surface area contributed by atoms with E-state index in [0.29, 0.717) is 23.2 Å². The van der Waals surface area contributed by atoms with Gasteiger partial charge in [0.25, 0.3) is 0 Å². The Balaban J connectivity index is 1.93. The maximum atomic E-state index is 12.8. The number of thioether (sulfide) groups is 1. The van der Waals surface area contributed by atoms with E-state index in [9.17, 15) is 4.79 Å². The van der Waals surface area contributed by atoms with E-state index in [1.54, 1.807) is 7.11 Å². The number of methoxy groups -OCH3 is 1. The van der Waals surface area contributed by atoms with Gasteiger partial charge in [-0.05, 0) is 36.8 Å². The number of carbonyl (C=O) groups excluding carboxylic acids is 1. The number of fused-ring (bicyclic) bond motifs is 1. The summed E-state index contributed by atoms with van der Waals surface area (Å²) in [6.45, 7) is 0. The molecule has 2 aliphatic rings. The number of allylic oxidation sites excluding steroid dienone is 2. The van der Waals surface area contributed by atoms with Gasteiger partial charge in [-0.3, -0.25) is 4.79 Å². The van der Waals surface area contributed by atoms with Crippen LogP contribution in [0, 0.1) is 0 Å². The van der Waals surface area contributed by atoms with E-state index in [1.807, 2.05) is 30.5 Å². The average molecular weight is 368 g/mol. The first-order valence-electron chi connectivity index (χ1n) is 8.51. The quantitative estimate of drug-likeness (QED) is 0.634. The van der Waals surface area contributed by atoms with Crippen molar-refractivity contribution < 1.29 is 9.53 Å². The first kappa shape index (κ1) is 16.9. The number of hydrogen-bond acceptors (Lipinski definition) is 7. The molecule has 0 amide bonds. The number of carbonyl (C=O) groups is 1. The fourth-order valence-corrected chi connectivity index (χ4v) is 4.05. The van der Waals surface area contributed by atoms with E-state index in [0.717, 1.165) is 41.0 Å². The van der Waals surface area contributed by atoms with Crippen LogP contribution in [0.3, 0.4) is 0 Å². The Morgan fingerprint density at radius 3 is 2.69 bits per heavy atom. The summed E-state index contributed by atoms with van der Waals surface area (Å²) in [6.07, 6.45) is 4.17. The first-order chi connectivity index (χ1) is 12.6. The minimum atomic E-state index is -0.254. The number of aromatic nitrogens is 2. The van der Waals surface area contributed by atoms with E-state index in [1.165, 1.54) is 11.8 Å². The first-order valence-corrected chi connectivity index (χ1v) is 9.73. The van der Waals surface area contributed by atoms with Crippen molar-refractivity contribution in [1.82, 2.24) is 9.97 Å². The van der Waals surface area contributed by atoms with Gasteiger partial charge < -0.3 is 15.8 Å². The second-order valence-electron chi connectivity index (χ2n) is 6.36. The third-order valence-corrected chi connectivity index (χ3v) is 5.44. The lowest BCUT2D eigenvalue weighted by Crippen LogP contribution is -2.28. The van der Waals surface area contributed by atoms with Gasteiger partial charge in [0.2, 0.25) is 0 Å². The molecule has 1 aliphatic heterocycles. The highest BCUT2D eigenvalue weighted by Gasteiger charge is 2.37. The number of nitrogen functional groups attached to an aromatic ring is 1. The van der Waals surface area contributed by atoms with Gasteiger partial charge in [-0.15, -0.1) is 0 Å². The molecule has 6 nitrogen and oxygen atoms in total. The van der Waals surface area contributed by atoms with Crippen LogP contribution in [0.1, 0.15) is 36.3 Å². The number of Topliss-reactive ketones (excluding diaryl/α,β-unsaturated/α-hetero) is 1. The summed E-state index contributed by atoms with van der Waals surface area (Å²) in [6, 6.07) is 7.76. The van der Waals surface area contributed by atoms with Crippen molar-refractivity contribution in [3.05, 3.63) is 46.7 Å². The Morgan fingerprint density at radius 1 is 1.23 bits per heavy atom. The van der Waals surface area contributed by atoms with Gasteiger partial charge in [-0.1, -0.05) is 23.9 Å². The summed E-state index contributed by atoms with van der Waals surface area (Å²) in [4.78, 5) is 21.8. The minimum Gasteiger partial charge on any atom is -0.497 e. The number of nitrogens with two attached hydrogens (primary N) is 1. The molecule has 2 aromatic rings. The highest BCUT2D eigenvalue weighted by molar-refractivity contribution is 7.98. The lowest BCUT2D eigenvalue weighted by atomic mass is 9.76. The van der Waals surface area contributed by atoms with Gasteiger partial charge in [0.1, 0.15) is 17.4 Å². The molecule has 4 rings (SSSR count). The third kappa shape index (κ3) is 2.72. The Bertz CT molecular complexity index is 909. The smallest absolute Gasteiger partial charge is 0.191 e. The number of ether oxygens (including phenoxy) is 1. The van der Waals surface area contributed by atoms with Gasteiger partial charge in [0.15, 0.2) is 10.9 Å². The molecule has 2 heterocycles. The van der Waals surface area contributed by atoms with Crippen LogP contribution in [-0.4, -0.2) is 29.1 Å². The molecule has 0 spiro atoms. The van der Waals surface area contributed by atoms with Crippen LogP contribution in [0.5, 0.6) is 5.75 Å². The molecule has 0 unspecified atom stereocenters. The molecule has 0 fully saturated rings. The van der Waals surface area contributed by atoms with Crippen molar-refractivity contribution in [3.63, 3.8) is 0 Å². The molecule has 7 heteroatoms. The van der Waals surface area contributed by atoms with Crippen LogP contribution >= 0.6 is 11.8 Å². The Hall–Kier alpha value is -2.54. The zero-order valence-corrected chi connectivity index (χ0v) is 15.5. The number of anilines is 2. The Kier molecular flexibility index (Phi) is 4.32. The molecular formula is C19H20N4O2S. The Morgan fingerprint density at radius 2 is 2.00 bits per heavy atom. The van der Waals surface area contributed by atoms with E-state index in [2.05, 4.69) is 15.3 Å². The van der Waals surface area contributed by atoms with Gasteiger partial charge in [-0.25, -0.2) is 9.97 Å². The predicted octanol–water partition coefficient (Wildman–Crippen LogP) is 3.35. The molecule has 0 saturated carbocycles. The van der Waals surface area contributed by atoms with E-state index in [4.69, 9.17) is 10.5 Å². The van der Waals surface area contributed by atoms with Gasteiger partial charge in [-0.2, -0.15) is 0 Å². The maximum absolute atomic E-state index is 12.8. The Labute approximate surface area is 156 Å². The van der Waals surface area contributed by atoms with Crippen LogP contribution in [0.4, 0.5) is 11.6 Å². The van der Waals surface area contributed by atoms with Crippen molar-refractivity contribution in [2.24, 2.45) is 0 Å². The maximum Gasteiger partial charge on any atom is 0.191 e. The second kappa shape index (κ2) is 6.64. The van der Waals surface area contributed by atoms with Gasteiger partial charge in [0.05, 0.1) is 7.11 Å². The molecule has 3 N–H and O–H groups in total. The minimum absolute atomic E-state index is 0.165. The largest absolute Gasteiger partial charge is 0.497 e. The predicted molar refractivity (Wildman–Crippen MR) is 103 cm³/mol. The molecule has 26 heavy (non-hydrogen) atoms. The normalized spacial score (nSPS) is 18.8. The zero-order chi connectivity index (χ0) is 18.3. The third-order valence-electron chi connectivity index (χ3n) is 4.89. The molecule has 0 radical (unpaired) electrons. The van der Waals surface area contributed by atoms with Crippen LogP contribution in [-0.2, 0) is 4.79 Å². The monoisotopic (exact) mass is 368 g/mol. The van der Waals surface area contributed by atoms with E-state index >= 15 is 0 Å².